The van der Waals surface area contributed by atoms with Crippen LogP contribution in [0.4, 0.5) is 0 Å². The van der Waals surface area contributed by atoms with Gasteiger partial charge in [-0.15, -0.1) is 0 Å². The maximum absolute atomic E-state index is 12.9. The van der Waals surface area contributed by atoms with Gasteiger partial charge in [-0.25, -0.2) is 0 Å². The van der Waals surface area contributed by atoms with E-state index in [1.54, 1.807) is 31.2 Å². The lowest BCUT2D eigenvalue weighted by Crippen LogP contribution is -2.62. The molecule has 2 rings (SSSR count). The molecule has 0 aliphatic rings. The van der Waals surface area contributed by atoms with Crippen molar-refractivity contribution in [2.24, 2.45) is 0 Å². The Balaban J connectivity index is 2.21. The molecule has 0 aromatic heterocycles. The van der Waals surface area contributed by atoms with Crippen LogP contribution in [0.1, 0.15) is 47.0 Å². The molecule has 3 N–H and O–H groups in total. The second kappa shape index (κ2) is 10.0. The van der Waals surface area contributed by atoms with Gasteiger partial charge in [0, 0.05) is 30.8 Å². The third-order valence-corrected chi connectivity index (χ3v) is 5.21. The van der Waals surface area contributed by atoms with Gasteiger partial charge in [0.1, 0.15) is 6.61 Å². The largest absolute Gasteiger partial charge is 0.389 e. The zero-order valence-electron chi connectivity index (χ0n) is 18.0. The Hall–Kier alpha value is -3.47. The van der Waals surface area contributed by atoms with Gasteiger partial charge < -0.3 is 20.4 Å². The molecule has 7 nitrogen and oxygen atoms in total. The number of benzene rings is 2. The summed E-state index contributed by atoms with van der Waals surface area (Å²) in [4.78, 5) is 38.4. The van der Waals surface area contributed by atoms with E-state index in [9.17, 15) is 24.6 Å². The standard InChI is InChI=1S/C24H26N2O5/c1-16(28)19-11-7-17(8-12-19)5-6-18-9-13-20(14-10-18)22(30)26(4)24(2,21(29)15-27)23(31)25-3/h7-14,16,27-28H,15H2,1-4H3,(H,25,31)/t16?,24-/m1/s1. The van der Waals surface area contributed by atoms with Crippen molar-refractivity contribution < 1.29 is 24.6 Å². The lowest BCUT2D eigenvalue weighted by Gasteiger charge is -2.35. The molecule has 162 valence electrons. The molecule has 0 saturated heterocycles. The molecule has 2 aromatic carbocycles. The lowest BCUT2D eigenvalue weighted by molar-refractivity contribution is -0.143. The molecule has 7 heteroatoms. The van der Waals surface area contributed by atoms with Gasteiger partial charge in [-0.2, -0.15) is 0 Å². The first-order chi connectivity index (χ1) is 14.6. The molecule has 0 aliphatic heterocycles. The van der Waals surface area contributed by atoms with Gasteiger partial charge >= 0.3 is 0 Å². The highest BCUT2D eigenvalue weighted by Gasteiger charge is 2.46. The number of likely N-dealkylation sites (N-methyl/N-ethyl adjacent to an activating group) is 2. The second-order valence-corrected chi connectivity index (χ2v) is 7.22. The van der Waals surface area contributed by atoms with Crippen molar-refractivity contribution in [3.8, 4) is 11.8 Å². The van der Waals surface area contributed by atoms with E-state index in [-0.39, 0.29) is 5.56 Å². The minimum Gasteiger partial charge on any atom is -0.389 e. The summed E-state index contributed by atoms with van der Waals surface area (Å²) in [6.07, 6.45) is -0.539. The van der Waals surface area contributed by atoms with Gasteiger partial charge in [-0.05, 0) is 55.8 Å². The number of hydrogen-bond acceptors (Lipinski definition) is 5. The topological polar surface area (TPSA) is 107 Å². The molecular weight excluding hydrogens is 396 g/mol. The number of amides is 2. The summed E-state index contributed by atoms with van der Waals surface area (Å²) >= 11 is 0. The van der Waals surface area contributed by atoms with E-state index in [0.717, 1.165) is 16.0 Å². The summed E-state index contributed by atoms with van der Waals surface area (Å²) in [6.45, 7) is 2.12. The monoisotopic (exact) mass is 422 g/mol. The Labute approximate surface area is 181 Å². The lowest BCUT2D eigenvalue weighted by atomic mass is 9.92. The van der Waals surface area contributed by atoms with Crippen molar-refractivity contribution in [1.82, 2.24) is 10.2 Å². The quantitative estimate of drug-likeness (QED) is 0.480. The zero-order valence-corrected chi connectivity index (χ0v) is 18.0. The van der Waals surface area contributed by atoms with Crippen LogP contribution in [0.25, 0.3) is 0 Å². The molecule has 0 fully saturated rings. The van der Waals surface area contributed by atoms with Gasteiger partial charge in [0.15, 0.2) is 11.3 Å². The van der Waals surface area contributed by atoms with Crippen molar-refractivity contribution in [3.63, 3.8) is 0 Å². The van der Waals surface area contributed by atoms with E-state index in [4.69, 9.17) is 0 Å². The Bertz CT molecular complexity index is 999. The zero-order chi connectivity index (χ0) is 23.2. The molecule has 1 unspecified atom stereocenters. The van der Waals surface area contributed by atoms with Crippen LogP contribution in [0.15, 0.2) is 48.5 Å². The normalized spacial score (nSPS) is 13.2. The summed E-state index contributed by atoms with van der Waals surface area (Å²) in [5.41, 5.74) is 0.709. The fraction of sp³-hybridized carbons (Fsp3) is 0.292. The van der Waals surface area contributed by atoms with Crippen LogP contribution in [0, 0.1) is 11.8 Å². The number of carbonyl (C=O) groups is 3. The highest BCUT2D eigenvalue weighted by molar-refractivity contribution is 6.14. The molecule has 2 atom stereocenters. The molecule has 31 heavy (non-hydrogen) atoms. The summed E-state index contributed by atoms with van der Waals surface area (Å²) < 4.78 is 0. The van der Waals surface area contributed by atoms with Crippen LogP contribution in [-0.4, -0.2) is 59.0 Å². The molecule has 0 saturated carbocycles. The van der Waals surface area contributed by atoms with Crippen molar-refractivity contribution in [1.29, 1.82) is 0 Å². The van der Waals surface area contributed by atoms with Gasteiger partial charge in [0.25, 0.3) is 11.8 Å². The number of carbonyl (C=O) groups excluding carboxylic acids is 3. The molecule has 0 radical (unpaired) electrons. The average molecular weight is 422 g/mol. The number of aliphatic hydroxyl groups excluding tert-OH is 2. The SMILES string of the molecule is CNC(=O)[C@@](C)(C(=O)CO)N(C)C(=O)c1ccc(C#Cc2ccc(C(C)O)cc2)cc1. The third-order valence-electron chi connectivity index (χ3n) is 5.21. The number of ketones is 1. The van der Waals surface area contributed by atoms with E-state index in [0.29, 0.717) is 5.56 Å². The van der Waals surface area contributed by atoms with Crippen LogP contribution in [-0.2, 0) is 9.59 Å². The van der Waals surface area contributed by atoms with E-state index in [1.165, 1.54) is 21.0 Å². The van der Waals surface area contributed by atoms with E-state index < -0.39 is 35.8 Å². The number of nitrogens with one attached hydrogen (secondary N) is 1. The van der Waals surface area contributed by atoms with Crippen molar-refractivity contribution in [2.45, 2.75) is 25.5 Å². The Kier molecular flexibility index (Phi) is 7.70. The molecule has 0 spiro atoms. The predicted octanol–water partition coefficient (Wildman–Crippen LogP) is 1.28. The van der Waals surface area contributed by atoms with Crippen molar-refractivity contribution in [2.75, 3.05) is 20.7 Å². The highest BCUT2D eigenvalue weighted by Crippen LogP contribution is 2.19. The minimum atomic E-state index is -1.84. The van der Waals surface area contributed by atoms with E-state index in [1.807, 2.05) is 24.3 Å². The van der Waals surface area contributed by atoms with E-state index in [2.05, 4.69) is 17.2 Å². The van der Waals surface area contributed by atoms with Crippen LogP contribution in [0.2, 0.25) is 0 Å². The first-order valence-electron chi connectivity index (χ1n) is 9.69. The van der Waals surface area contributed by atoms with E-state index >= 15 is 0 Å². The molecule has 0 aliphatic carbocycles. The Morgan fingerprint density at radius 3 is 1.94 bits per heavy atom. The molecular formula is C24H26N2O5. The number of rotatable bonds is 6. The minimum absolute atomic E-state index is 0.273. The summed E-state index contributed by atoms with van der Waals surface area (Å²) in [5, 5.41) is 21.2. The smallest absolute Gasteiger partial charge is 0.254 e. The third kappa shape index (κ3) is 5.18. The molecule has 0 bridgehead atoms. The fourth-order valence-corrected chi connectivity index (χ4v) is 2.95. The number of hydrogen-bond donors (Lipinski definition) is 3. The van der Waals surface area contributed by atoms with Gasteiger partial charge in [-0.1, -0.05) is 24.0 Å². The highest BCUT2D eigenvalue weighted by atomic mass is 16.3. The number of nitrogens with zero attached hydrogens (tertiary/aromatic N) is 1. The second-order valence-electron chi connectivity index (χ2n) is 7.22. The summed E-state index contributed by atoms with van der Waals surface area (Å²) in [5.74, 6) is 4.00. The van der Waals surface area contributed by atoms with Gasteiger partial charge in [0.2, 0.25) is 0 Å². The first-order valence-corrected chi connectivity index (χ1v) is 9.69. The summed E-state index contributed by atoms with van der Waals surface area (Å²) in [7, 11) is 2.70. The molecule has 0 heterocycles. The maximum atomic E-state index is 12.9. The number of Topliss-reactive ketones (excluding diaryl/α,β-unsaturated/α-hetero) is 1. The van der Waals surface area contributed by atoms with Crippen LogP contribution < -0.4 is 5.32 Å². The van der Waals surface area contributed by atoms with Crippen LogP contribution >= 0.6 is 0 Å². The van der Waals surface area contributed by atoms with Crippen molar-refractivity contribution in [3.05, 3.63) is 70.8 Å². The van der Waals surface area contributed by atoms with Crippen LogP contribution in [0.5, 0.6) is 0 Å². The van der Waals surface area contributed by atoms with Gasteiger partial charge in [0.05, 0.1) is 6.10 Å². The van der Waals surface area contributed by atoms with Crippen molar-refractivity contribution >= 4 is 17.6 Å². The predicted molar refractivity (Wildman–Crippen MR) is 116 cm³/mol. The molecule has 2 aromatic rings. The fourth-order valence-electron chi connectivity index (χ4n) is 2.95. The number of aliphatic hydroxyl groups is 2. The molecule has 2 amide bonds. The maximum Gasteiger partial charge on any atom is 0.254 e. The first kappa shape index (κ1) is 23.8. The van der Waals surface area contributed by atoms with Crippen LogP contribution in [0.3, 0.4) is 0 Å². The Morgan fingerprint density at radius 2 is 1.52 bits per heavy atom. The summed E-state index contributed by atoms with van der Waals surface area (Å²) in [6, 6.07) is 13.7. The Morgan fingerprint density at radius 1 is 1.03 bits per heavy atom. The van der Waals surface area contributed by atoms with Gasteiger partial charge in [-0.3, -0.25) is 14.4 Å². The average Bonchev–Trinajstić information content (AvgIpc) is 2.80.